The lowest BCUT2D eigenvalue weighted by Gasteiger charge is -2.10. The van der Waals surface area contributed by atoms with Crippen LogP contribution in [-0.4, -0.2) is 5.78 Å². The fourth-order valence-electron chi connectivity index (χ4n) is 1.33. The first-order valence-electron chi connectivity index (χ1n) is 4.87. The van der Waals surface area contributed by atoms with Crippen LogP contribution >= 0.6 is 0 Å². The average molecular weight is 194 g/mol. The lowest BCUT2D eigenvalue weighted by Crippen LogP contribution is -2.12. The van der Waals surface area contributed by atoms with Crippen molar-refractivity contribution in [3.63, 3.8) is 0 Å². The zero-order chi connectivity index (χ0) is 10.7. The van der Waals surface area contributed by atoms with Crippen LogP contribution in [0.5, 0.6) is 0 Å². The Morgan fingerprint density at radius 2 is 2.14 bits per heavy atom. The lowest BCUT2D eigenvalue weighted by atomic mass is 9.94. The average Bonchev–Trinajstić information content (AvgIpc) is 2.20. The first kappa shape index (κ1) is 10.9. The lowest BCUT2D eigenvalue weighted by molar-refractivity contribution is 0.0926. The maximum absolute atomic E-state index is 13.2. The van der Waals surface area contributed by atoms with Gasteiger partial charge in [-0.2, -0.15) is 0 Å². The molecule has 0 aliphatic carbocycles. The summed E-state index contributed by atoms with van der Waals surface area (Å²) in [5, 5.41) is 0. The summed E-state index contributed by atoms with van der Waals surface area (Å²) in [6.45, 7) is 5.47. The molecule has 0 fully saturated rings. The number of Topliss-reactive ketones (excluding diaryl/α,β-unsaturated/α-hetero) is 1. The monoisotopic (exact) mass is 194 g/mol. The van der Waals surface area contributed by atoms with E-state index >= 15 is 0 Å². The van der Waals surface area contributed by atoms with E-state index in [0.29, 0.717) is 11.1 Å². The highest BCUT2D eigenvalue weighted by atomic mass is 19.1. The largest absolute Gasteiger partial charge is 0.294 e. The van der Waals surface area contributed by atoms with E-state index in [-0.39, 0.29) is 17.5 Å². The van der Waals surface area contributed by atoms with Gasteiger partial charge in [0.15, 0.2) is 5.78 Å². The summed E-state index contributed by atoms with van der Waals surface area (Å²) in [6, 6.07) is 4.65. The third-order valence-corrected chi connectivity index (χ3v) is 2.59. The molecule has 1 atom stereocenters. The van der Waals surface area contributed by atoms with E-state index in [4.69, 9.17) is 0 Å². The molecule has 1 unspecified atom stereocenters. The normalized spacial score (nSPS) is 12.6. The van der Waals surface area contributed by atoms with Crippen LogP contribution in [0.2, 0.25) is 0 Å². The third-order valence-electron chi connectivity index (χ3n) is 2.59. The van der Waals surface area contributed by atoms with Crippen molar-refractivity contribution in [1.82, 2.24) is 0 Å². The Morgan fingerprint density at radius 3 is 2.71 bits per heavy atom. The highest BCUT2D eigenvalue weighted by Crippen LogP contribution is 2.17. The Hall–Kier alpha value is -1.18. The molecule has 0 bridgehead atoms. The number of ketones is 1. The molecule has 0 saturated heterocycles. The minimum Gasteiger partial charge on any atom is -0.294 e. The Bertz CT molecular complexity index is 344. The van der Waals surface area contributed by atoms with Gasteiger partial charge in [0.25, 0.3) is 0 Å². The molecule has 0 saturated carbocycles. The minimum absolute atomic E-state index is 0.0319. The van der Waals surface area contributed by atoms with E-state index in [9.17, 15) is 9.18 Å². The van der Waals surface area contributed by atoms with Gasteiger partial charge in [-0.25, -0.2) is 4.39 Å². The van der Waals surface area contributed by atoms with Crippen molar-refractivity contribution in [2.24, 2.45) is 5.92 Å². The van der Waals surface area contributed by atoms with E-state index in [1.807, 2.05) is 13.8 Å². The van der Waals surface area contributed by atoms with E-state index in [1.165, 1.54) is 6.07 Å². The Labute approximate surface area is 83.9 Å². The van der Waals surface area contributed by atoms with Crippen LogP contribution in [0.15, 0.2) is 18.2 Å². The maximum atomic E-state index is 13.2. The van der Waals surface area contributed by atoms with Crippen molar-refractivity contribution in [3.05, 3.63) is 35.1 Å². The third kappa shape index (κ3) is 2.00. The summed E-state index contributed by atoms with van der Waals surface area (Å²) < 4.78 is 13.2. The Morgan fingerprint density at radius 1 is 1.50 bits per heavy atom. The number of hydrogen-bond donors (Lipinski definition) is 0. The predicted octanol–water partition coefficient (Wildman–Crippen LogP) is 3.36. The zero-order valence-corrected chi connectivity index (χ0v) is 8.80. The van der Waals surface area contributed by atoms with Crippen LogP contribution in [0, 0.1) is 18.7 Å². The van der Waals surface area contributed by atoms with Gasteiger partial charge in [-0.15, -0.1) is 0 Å². The summed E-state index contributed by atoms with van der Waals surface area (Å²) in [4.78, 5) is 11.8. The molecule has 0 aromatic heterocycles. The van der Waals surface area contributed by atoms with Gasteiger partial charge in [-0.1, -0.05) is 26.0 Å². The molecule has 0 radical (unpaired) electrons. The molecular formula is C12H15FO. The zero-order valence-electron chi connectivity index (χ0n) is 8.80. The number of hydrogen-bond acceptors (Lipinski definition) is 1. The number of carbonyl (C=O) groups is 1. The second-order valence-electron chi connectivity index (χ2n) is 3.59. The molecule has 0 spiro atoms. The number of carbonyl (C=O) groups excluding carboxylic acids is 1. The first-order chi connectivity index (χ1) is 6.57. The van der Waals surface area contributed by atoms with Gasteiger partial charge >= 0.3 is 0 Å². The summed E-state index contributed by atoms with van der Waals surface area (Å²) >= 11 is 0. The summed E-state index contributed by atoms with van der Waals surface area (Å²) in [6.07, 6.45) is 0.786. The van der Waals surface area contributed by atoms with Crippen LogP contribution in [0.3, 0.4) is 0 Å². The molecule has 1 aromatic rings. The Kier molecular flexibility index (Phi) is 3.39. The Balaban J connectivity index is 3.07. The fourth-order valence-corrected chi connectivity index (χ4v) is 1.33. The van der Waals surface area contributed by atoms with Gasteiger partial charge in [0, 0.05) is 11.5 Å². The molecule has 1 nitrogen and oxygen atoms in total. The van der Waals surface area contributed by atoms with Gasteiger partial charge in [0.05, 0.1) is 0 Å². The van der Waals surface area contributed by atoms with E-state index < -0.39 is 0 Å². The second-order valence-corrected chi connectivity index (χ2v) is 3.59. The van der Waals surface area contributed by atoms with Crippen LogP contribution in [0.1, 0.15) is 36.2 Å². The molecule has 2 heteroatoms. The van der Waals surface area contributed by atoms with E-state index in [0.717, 1.165) is 6.42 Å². The highest BCUT2D eigenvalue weighted by Gasteiger charge is 2.16. The van der Waals surface area contributed by atoms with Crippen LogP contribution in [0.25, 0.3) is 0 Å². The van der Waals surface area contributed by atoms with Crippen molar-refractivity contribution in [1.29, 1.82) is 0 Å². The van der Waals surface area contributed by atoms with E-state index in [1.54, 1.807) is 19.1 Å². The smallest absolute Gasteiger partial charge is 0.166 e. The molecule has 76 valence electrons. The first-order valence-corrected chi connectivity index (χ1v) is 4.87. The fraction of sp³-hybridized carbons (Fsp3) is 0.417. The molecule has 1 aromatic carbocycles. The van der Waals surface area contributed by atoms with Crippen LogP contribution in [-0.2, 0) is 0 Å². The quantitative estimate of drug-likeness (QED) is 0.674. The van der Waals surface area contributed by atoms with Crippen LogP contribution in [0.4, 0.5) is 4.39 Å². The topological polar surface area (TPSA) is 17.1 Å². The summed E-state index contributed by atoms with van der Waals surface area (Å²) in [7, 11) is 0. The SMILES string of the molecule is CCC(C)C(=O)c1cccc(F)c1C. The molecule has 0 N–H and O–H groups in total. The molecule has 0 amide bonds. The van der Waals surface area contributed by atoms with Crippen LogP contribution < -0.4 is 0 Å². The second kappa shape index (κ2) is 4.36. The molecular weight excluding hydrogens is 179 g/mol. The van der Waals surface area contributed by atoms with Crippen molar-refractivity contribution >= 4 is 5.78 Å². The van der Waals surface area contributed by atoms with E-state index in [2.05, 4.69) is 0 Å². The number of halogens is 1. The molecule has 0 heterocycles. The van der Waals surface area contributed by atoms with Crippen molar-refractivity contribution in [3.8, 4) is 0 Å². The van der Waals surface area contributed by atoms with Gasteiger partial charge in [-0.05, 0) is 25.0 Å². The standard InChI is InChI=1S/C12H15FO/c1-4-8(2)12(14)10-6-5-7-11(13)9(10)3/h5-8H,4H2,1-3H3. The molecule has 1 rings (SSSR count). The highest BCUT2D eigenvalue weighted by molar-refractivity contribution is 5.98. The minimum atomic E-state index is -0.306. The molecule has 14 heavy (non-hydrogen) atoms. The van der Waals surface area contributed by atoms with Crippen molar-refractivity contribution < 1.29 is 9.18 Å². The summed E-state index contributed by atoms with van der Waals surface area (Å²) in [5.74, 6) is -0.306. The molecule has 0 aliphatic heterocycles. The van der Waals surface area contributed by atoms with Gasteiger partial charge < -0.3 is 0 Å². The molecule has 0 aliphatic rings. The van der Waals surface area contributed by atoms with Gasteiger partial charge in [0.2, 0.25) is 0 Å². The van der Waals surface area contributed by atoms with Gasteiger partial charge in [-0.3, -0.25) is 4.79 Å². The number of benzene rings is 1. The van der Waals surface area contributed by atoms with Crippen molar-refractivity contribution in [2.75, 3.05) is 0 Å². The number of rotatable bonds is 3. The van der Waals surface area contributed by atoms with Gasteiger partial charge in [0.1, 0.15) is 5.82 Å². The summed E-state index contributed by atoms with van der Waals surface area (Å²) in [5.41, 5.74) is 0.970. The predicted molar refractivity (Wildman–Crippen MR) is 54.9 cm³/mol. The van der Waals surface area contributed by atoms with Crippen molar-refractivity contribution in [2.45, 2.75) is 27.2 Å². The maximum Gasteiger partial charge on any atom is 0.166 e.